The fraction of sp³-hybridized carbons (Fsp3) is 0.214. The van der Waals surface area contributed by atoms with Gasteiger partial charge in [0.15, 0.2) is 0 Å². The molecule has 0 aliphatic heterocycles. The Morgan fingerprint density at radius 1 is 1.17 bits per heavy atom. The Morgan fingerprint density at radius 3 is 2.56 bits per heavy atom. The molecule has 18 heavy (non-hydrogen) atoms. The molecule has 0 saturated carbocycles. The van der Waals surface area contributed by atoms with E-state index < -0.39 is 0 Å². The third-order valence-corrected chi connectivity index (χ3v) is 3.66. The number of rotatable bonds is 4. The number of nitrogens with one attached hydrogen (secondary N) is 1. The van der Waals surface area contributed by atoms with Gasteiger partial charge in [-0.3, -0.25) is 0 Å². The van der Waals surface area contributed by atoms with Crippen molar-refractivity contribution in [2.75, 3.05) is 5.32 Å². The summed E-state index contributed by atoms with van der Waals surface area (Å²) in [5.41, 5.74) is 9.07. The molecule has 1 heterocycles. The van der Waals surface area contributed by atoms with Crippen molar-refractivity contribution in [3.63, 3.8) is 0 Å². The van der Waals surface area contributed by atoms with Crippen LogP contribution in [0.5, 0.6) is 0 Å². The van der Waals surface area contributed by atoms with Gasteiger partial charge in [-0.1, -0.05) is 24.3 Å². The van der Waals surface area contributed by atoms with Crippen LogP contribution in [0.25, 0.3) is 0 Å². The molecular weight excluding hydrogens is 290 g/mol. The molecule has 0 saturated heterocycles. The van der Waals surface area contributed by atoms with Gasteiger partial charge in [0.2, 0.25) is 0 Å². The normalized spacial score (nSPS) is 10.4. The fourth-order valence-electron chi connectivity index (χ4n) is 1.76. The lowest BCUT2D eigenvalue weighted by atomic mass is 10.1. The van der Waals surface area contributed by atoms with Gasteiger partial charge in [-0.15, -0.1) is 0 Å². The minimum atomic E-state index is 0.560. The molecule has 2 rings (SSSR count). The van der Waals surface area contributed by atoms with Crippen LogP contribution in [-0.4, -0.2) is 4.98 Å². The molecule has 3 nitrogen and oxygen atoms in total. The summed E-state index contributed by atoms with van der Waals surface area (Å²) < 4.78 is 1.02. The number of nitrogens with zero attached hydrogens (tertiary/aromatic N) is 1. The van der Waals surface area contributed by atoms with E-state index in [1.165, 1.54) is 11.1 Å². The first-order valence-corrected chi connectivity index (χ1v) is 6.64. The zero-order valence-corrected chi connectivity index (χ0v) is 11.9. The number of pyridine rings is 1. The molecule has 0 unspecified atom stereocenters. The SMILES string of the molecule is Cc1nc(NCc2ccccc2CN)ccc1Br. The standard InChI is InChI=1S/C14H16BrN3/c1-10-13(15)6-7-14(18-10)17-9-12-5-3-2-4-11(12)8-16/h2-7H,8-9,16H2,1H3,(H,17,18). The highest BCUT2D eigenvalue weighted by Crippen LogP contribution is 2.17. The Balaban J connectivity index is 2.09. The van der Waals surface area contributed by atoms with Crippen LogP contribution in [0.2, 0.25) is 0 Å². The summed E-state index contributed by atoms with van der Waals surface area (Å²) in [6.07, 6.45) is 0. The lowest BCUT2D eigenvalue weighted by Crippen LogP contribution is -2.07. The van der Waals surface area contributed by atoms with E-state index >= 15 is 0 Å². The van der Waals surface area contributed by atoms with Crippen molar-refractivity contribution >= 4 is 21.7 Å². The molecule has 4 heteroatoms. The van der Waals surface area contributed by atoms with E-state index in [1.807, 2.05) is 31.2 Å². The highest BCUT2D eigenvalue weighted by molar-refractivity contribution is 9.10. The maximum absolute atomic E-state index is 5.71. The molecule has 0 atom stereocenters. The zero-order chi connectivity index (χ0) is 13.0. The van der Waals surface area contributed by atoms with Gasteiger partial charge in [0.1, 0.15) is 5.82 Å². The average molecular weight is 306 g/mol. The molecule has 0 bridgehead atoms. The Hall–Kier alpha value is -1.39. The minimum absolute atomic E-state index is 0.560. The molecule has 1 aromatic carbocycles. The summed E-state index contributed by atoms with van der Waals surface area (Å²) in [6.45, 7) is 3.27. The molecule has 0 amide bonds. The Morgan fingerprint density at radius 2 is 1.89 bits per heavy atom. The van der Waals surface area contributed by atoms with Crippen LogP contribution < -0.4 is 11.1 Å². The molecular formula is C14H16BrN3. The first kappa shape index (κ1) is 13.1. The number of anilines is 1. The first-order valence-electron chi connectivity index (χ1n) is 5.84. The lowest BCUT2D eigenvalue weighted by molar-refractivity contribution is 0.998. The maximum Gasteiger partial charge on any atom is 0.126 e. The van der Waals surface area contributed by atoms with E-state index in [1.54, 1.807) is 0 Å². The van der Waals surface area contributed by atoms with Gasteiger partial charge in [-0.2, -0.15) is 0 Å². The topological polar surface area (TPSA) is 50.9 Å². The summed E-state index contributed by atoms with van der Waals surface area (Å²) in [5, 5.41) is 3.32. The number of aromatic nitrogens is 1. The van der Waals surface area contributed by atoms with Crippen LogP contribution in [0.3, 0.4) is 0 Å². The van der Waals surface area contributed by atoms with Gasteiger partial charge < -0.3 is 11.1 Å². The number of benzene rings is 1. The number of halogens is 1. The minimum Gasteiger partial charge on any atom is -0.366 e. The highest BCUT2D eigenvalue weighted by atomic mass is 79.9. The monoisotopic (exact) mass is 305 g/mol. The van der Waals surface area contributed by atoms with Gasteiger partial charge in [0.25, 0.3) is 0 Å². The molecule has 0 radical (unpaired) electrons. The molecule has 0 aliphatic carbocycles. The summed E-state index contributed by atoms with van der Waals surface area (Å²) in [7, 11) is 0. The van der Waals surface area contributed by atoms with Crippen molar-refractivity contribution in [1.82, 2.24) is 4.98 Å². The van der Waals surface area contributed by atoms with Crippen LogP contribution in [0.1, 0.15) is 16.8 Å². The van der Waals surface area contributed by atoms with Crippen LogP contribution in [0, 0.1) is 6.92 Å². The molecule has 94 valence electrons. The van der Waals surface area contributed by atoms with E-state index in [0.29, 0.717) is 6.54 Å². The second-order valence-electron chi connectivity index (χ2n) is 4.09. The van der Waals surface area contributed by atoms with Gasteiger partial charge in [0.05, 0.1) is 5.69 Å². The second-order valence-corrected chi connectivity index (χ2v) is 4.94. The summed E-state index contributed by atoms with van der Waals surface area (Å²) in [6, 6.07) is 12.1. The van der Waals surface area contributed by atoms with E-state index in [2.05, 4.69) is 38.4 Å². The van der Waals surface area contributed by atoms with Crippen LogP contribution in [0.15, 0.2) is 40.9 Å². The van der Waals surface area contributed by atoms with Crippen LogP contribution in [-0.2, 0) is 13.1 Å². The number of aryl methyl sites for hydroxylation is 1. The van der Waals surface area contributed by atoms with E-state index in [9.17, 15) is 0 Å². The summed E-state index contributed by atoms with van der Waals surface area (Å²) in [4.78, 5) is 4.45. The highest BCUT2D eigenvalue weighted by Gasteiger charge is 2.02. The van der Waals surface area contributed by atoms with Crippen molar-refractivity contribution in [3.05, 3.63) is 57.7 Å². The number of hydrogen-bond donors (Lipinski definition) is 2. The molecule has 3 N–H and O–H groups in total. The second kappa shape index (κ2) is 5.98. The smallest absolute Gasteiger partial charge is 0.126 e. The van der Waals surface area contributed by atoms with Gasteiger partial charge in [-0.25, -0.2) is 4.98 Å². The average Bonchev–Trinajstić information content (AvgIpc) is 2.40. The third kappa shape index (κ3) is 3.09. The molecule has 0 fully saturated rings. The van der Waals surface area contributed by atoms with Crippen LogP contribution >= 0.6 is 15.9 Å². The Labute approximate surface area is 116 Å². The summed E-state index contributed by atoms with van der Waals surface area (Å²) >= 11 is 3.44. The van der Waals surface area contributed by atoms with Crippen molar-refractivity contribution in [2.24, 2.45) is 5.73 Å². The molecule has 0 aliphatic rings. The lowest BCUT2D eigenvalue weighted by Gasteiger charge is -2.10. The Kier molecular flexibility index (Phi) is 4.33. The van der Waals surface area contributed by atoms with E-state index in [4.69, 9.17) is 5.73 Å². The van der Waals surface area contributed by atoms with Gasteiger partial charge >= 0.3 is 0 Å². The van der Waals surface area contributed by atoms with E-state index in [-0.39, 0.29) is 0 Å². The molecule has 1 aromatic heterocycles. The van der Waals surface area contributed by atoms with Crippen molar-refractivity contribution in [2.45, 2.75) is 20.0 Å². The van der Waals surface area contributed by atoms with Crippen molar-refractivity contribution in [3.8, 4) is 0 Å². The number of hydrogen-bond acceptors (Lipinski definition) is 3. The van der Waals surface area contributed by atoms with Crippen molar-refractivity contribution in [1.29, 1.82) is 0 Å². The van der Waals surface area contributed by atoms with E-state index in [0.717, 1.165) is 22.5 Å². The Bertz CT molecular complexity index is 540. The van der Waals surface area contributed by atoms with Gasteiger partial charge in [-0.05, 0) is 46.1 Å². The predicted octanol–water partition coefficient (Wildman–Crippen LogP) is 3.22. The summed E-state index contributed by atoms with van der Waals surface area (Å²) in [5.74, 6) is 0.877. The first-order chi connectivity index (χ1) is 8.70. The van der Waals surface area contributed by atoms with Crippen molar-refractivity contribution < 1.29 is 0 Å². The maximum atomic E-state index is 5.71. The quantitative estimate of drug-likeness (QED) is 0.912. The molecule has 2 aromatic rings. The zero-order valence-electron chi connectivity index (χ0n) is 10.3. The predicted molar refractivity (Wildman–Crippen MR) is 78.3 cm³/mol. The largest absolute Gasteiger partial charge is 0.366 e. The van der Waals surface area contributed by atoms with Crippen LogP contribution in [0.4, 0.5) is 5.82 Å². The number of nitrogens with two attached hydrogens (primary N) is 1. The van der Waals surface area contributed by atoms with Gasteiger partial charge in [0, 0.05) is 17.6 Å². The third-order valence-electron chi connectivity index (χ3n) is 2.82. The molecule has 0 spiro atoms. The fourth-order valence-corrected chi connectivity index (χ4v) is 1.98.